The molecule has 0 amide bonds. The minimum Gasteiger partial charge on any atom is -0.457 e. The summed E-state index contributed by atoms with van der Waals surface area (Å²) in [4.78, 5) is 5.36. The van der Waals surface area contributed by atoms with E-state index in [1.165, 1.54) is 5.56 Å². The standard InChI is InChI=1S/C44H38N4O3S/c1-29-22-37(52(49,50)36-14-7-6-8-15-36)23-30(2)43(29)31-27-46-47(28-31)33-12-11-13-34(25-33)51-35-18-19-39-38-16-9-10-17-40(38)48(41(39)26-35)42-24-32(20-21-45-42)44(3,4)5/h6-28H,1-5H3. The van der Waals surface area contributed by atoms with Gasteiger partial charge in [0.2, 0.25) is 9.84 Å². The van der Waals surface area contributed by atoms with E-state index in [1.54, 1.807) is 36.4 Å². The second kappa shape index (κ2) is 12.7. The Morgan fingerprint density at radius 3 is 2.15 bits per heavy atom. The first-order valence-electron chi connectivity index (χ1n) is 17.2. The SMILES string of the molecule is Cc1cc(S(=O)(=O)c2ccccc2)cc(C)c1-c1cnn(-c2cccc(Oc3ccc4c5ccccc5n(-c5cc(C(C)(C)C)ccn5)c4c3)c2)c1. The van der Waals surface area contributed by atoms with Gasteiger partial charge in [-0.25, -0.2) is 18.1 Å². The molecule has 0 saturated carbocycles. The van der Waals surface area contributed by atoms with Crippen molar-refractivity contribution in [3.05, 3.63) is 157 Å². The van der Waals surface area contributed by atoms with Crippen molar-refractivity contribution in [1.29, 1.82) is 0 Å². The molecule has 0 spiro atoms. The minimum absolute atomic E-state index is 0.0148. The Hall–Kier alpha value is -5.99. The lowest BCUT2D eigenvalue weighted by molar-refractivity contribution is 0.483. The molecule has 8 aromatic rings. The van der Waals surface area contributed by atoms with Crippen LogP contribution >= 0.6 is 0 Å². The molecule has 0 saturated heterocycles. The predicted octanol–water partition coefficient (Wildman–Crippen LogP) is 10.6. The number of pyridine rings is 1. The average molecular weight is 703 g/mol. The summed E-state index contributed by atoms with van der Waals surface area (Å²) in [6, 6.07) is 38.7. The Labute approximate surface area is 303 Å². The fourth-order valence-corrected chi connectivity index (χ4v) is 8.41. The number of aromatic nitrogens is 4. The van der Waals surface area contributed by atoms with Crippen LogP contribution in [0.15, 0.2) is 150 Å². The number of sulfone groups is 1. The molecular formula is C44H38N4O3S. The van der Waals surface area contributed by atoms with Crippen LogP contribution in [-0.2, 0) is 15.3 Å². The molecule has 0 atom stereocenters. The van der Waals surface area contributed by atoms with Crippen LogP contribution in [0, 0.1) is 13.8 Å². The number of ether oxygens (including phenoxy) is 1. The van der Waals surface area contributed by atoms with Gasteiger partial charge in [0.05, 0.1) is 32.7 Å². The molecule has 0 radical (unpaired) electrons. The van der Waals surface area contributed by atoms with Crippen molar-refractivity contribution in [3.63, 3.8) is 0 Å². The van der Waals surface area contributed by atoms with E-state index in [0.29, 0.717) is 11.5 Å². The van der Waals surface area contributed by atoms with E-state index in [0.717, 1.165) is 55.6 Å². The van der Waals surface area contributed by atoms with Gasteiger partial charge in [0, 0.05) is 40.9 Å². The van der Waals surface area contributed by atoms with E-state index in [-0.39, 0.29) is 15.2 Å². The zero-order valence-electron chi connectivity index (χ0n) is 29.7. The highest BCUT2D eigenvalue weighted by Gasteiger charge is 2.21. The third kappa shape index (κ3) is 5.95. The van der Waals surface area contributed by atoms with E-state index in [9.17, 15) is 8.42 Å². The van der Waals surface area contributed by atoms with Crippen molar-refractivity contribution in [2.45, 2.75) is 49.8 Å². The average Bonchev–Trinajstić information content (AvgIpc) is 3.75. The van der Waals surface area contributed by atoms with Crippen molar-refractivity contribution in [2.24, 2.45) is 0 Å². The molecule has 8 heteroatoms. The highest BCUT2D eigenvalue weighted by molar-refractivity contribution is 7.91. The van der Waals surface area contributed by atoms with E-state index < -0.39 is 9.84 Å². The molecule has 0 bridgehead atoms. The number of para-hydroxylation sites is 1. The Kier molecular flexibility index (Phi) is 8.07. The second-order valence-electron chi connectivity index (χ2n) is 14.2. The van der Waals surface area contributed by atoms with Crippen LogP contribution < -0.4 is 4.74 Å². The van der Waals surface area contributed by atoms with Crippen molar-refractivity contribution in [2.75, 3.05) is 0 Å². The Morgan fingerprint density at radius 2 is 1.38 bits per heavy atom. The number of rotatable bonds is 7. The summed E-state index contributed by atoms with van der Waals surface area (Å²) >= 11 is 0. The lowest BCUT2D eigenvalue weighted by Gasteiger charge is -2.20. The maximum absolute atomic E-state index is 13.3. The highest BCUT2D eigenvalue weighted by atomic mass is 32.2. The van der Waals surface area contributed by atoms with Crippen LogP contribution in [0.2, 0.25) is 0 Å². The van der Waals surface area contributed by atoms with E-state index in [4.69, 9.17) is 9.72 Å². The molecule has 258 valence electrons. The maximum Gasteiger partial charge on any atom is 0.206 e. The normalized spacial score (nSPS) is 12.1. The smallest absolute Gasteiger partial charge is 0.206 e. The topological polar surface area (TPSA) is 79.0 Å². The van der Waals surface area contributed by atoms with Crippen LogP contribution in [-0.4, -0.2) is 27.7 Å². The van der Waals surface area contributed by atoms with Crippen LogP contribution in [0.5, 0.6) is 11.5 Å². The quantitative estimate of drug-likeness (QED) is 0.165. The molecule has 0 aliphatic heterocycles. The molecule has 0 fully saturated rings. The molecule has 5 aromatic carbocycles. The molecule has 0 unspecified atom stereocenters. The number of hydrogen-bond donors (Lipinski definition) is 0. The van der Waals surface area contributed by atoms with Crippen LogP contribution in [0.3, 0.4) is 0 Å². The summed E-state index contributed by atoms with van der Waals surface area (Å²) < 4.78 is 37.2. The van der Waals surface area contributed by atoms with Gasteiger partial charge in [-0.2, -0.15) is 5.10 Å². The van der Waals surface area contributed by atoms with E-state index in [2.05, 4.69) is 79.0 Å². The largest absolute Gasteiger partial charge is 0.457 e. The van der Waals surface area contributed by atoms with Crippen molar-refractivity contribution >= 4 is 31.6 Å². The zero-order chi connectivity index (χ0) is 36.2. The van der Waals surface area contributed by atoms with Crippen molar-refractivity contribution < 1.29 is 13.2 Å². The number of fused-ring (bicyclic) bond motifs is 3. The summed E-state index contributed by atoms with van der Waals surface area (Å²) in [7, 11) is -3.63. The fraction of sp³-hybridized carbons (Fsp3) is 0.136. The van der Waals surface area contributed by atoms with Crippen LogP contribution in [0.25, 0.3) is 44.4 Å². The predicted molar refractivity (Wildman–Crippen MR) is 208 cm³/mol. The van der Waals surface area contributed by atoms with Gasteiger partial charge in [0.15, 0.2) is 0 Å². The molecular weight excluding hydrogens is 665 g/mol. The van der Waals surface area contributed by atoms with Gasteiger partial charge in [-0.05, 0) is 108 Å². The number of aryl methyl sites for hydroxylation is 2. The molecule has 3 heterocycles. The van der Waals surface area contributed by atoms with Gasteiger partial charge in [-0.15, -0.1) is 0 Å². The Balaban J connectivity index is 1.11. The van der Waals surface area contributed by atoms with Crippen molar-refractivity contribution in [3.8, 4) is 34.1 Å². The third-order valence-corrected chi connectivity index (χ3v) is 11.3. The maximum atomic E-state index is 13.3. The first kappa shape index (κ1) is 33.2. The molecule has 8 rings (SSSR count). The van der Waals surface area contributed by atoms with E-state index in [1.807, 2.05) is 73.5 Å². The molecule has 0 aliphatic rings. The first-order chi connectivity index (χ1) is 25.0. The molecule has 0 N–H and O–H groups in total. The van der Waals surface area contributed by atoms with Gasteiger partial charge in [0.25, 0.3) is 0 Å². The molecule has 0 aliphatic carbocycles. The second-order valence-corrected chi connectivity index (χ2v) is 16.2. The minimum atomic E-state index is -3.63. The molecule has 3 aromatic heterocycles. The fourth-order valence-electron chi connectivity index (χ4n) is 6.96. The van der Waals surface area contributed by atoms with Gasteiger partial charge < -0.3 is 4.74 Å². The van der Waals surface area contributed by atoms with E-state index >= 15 is 0 Å². The summed E-state index contributed by atoms with van der Waals surface area (Å²) in [6.45, 7) is 10.5. The lowest BCUT2D eigenvalue weighted by Crippen LogP contribution is -2.12. The first-order valence-corrected chi connectivity index (χ1v) is 18.7. The summed E-state index contributed by atoms with van der Waals surface area (Å²) in [5.74, 6) is 2.25. The monoisotopic (exact) mass is 702 g/mol. The zero-order valence-corrected chi connectivity index (χ0v) is 30.5. The molecule has 7 nitrogen and oxygen atoms in total. The molecule has 52 heavy (non-hydrogen) atoms. The highest BCUT2D eigenvalue weighted by Crippen LogP contribution is 2.37. The Bertz CT molecular complexity index is 2720. The van der Waals surface area contributed by atoms with Crippen LogP contribution in [0.4, 0.5) is 0 Å². The summed E-state index contributed by atoms with van der Waals surface area (Å²) in [5, 5.41) is 6.96. The Morgan fingerprint density at radius 1 is 0.673 bits per heavy atom. The third-order valence-electron chi connectivity index (χ3n) is 9.54. The lowest BCUT2D eigenvalue weighted by atomic mass is 9.88. The number of hydrogen-bond acceptors (Lipinski definition) is 5. The number of benzene rings is 5. The van der Waals surface area contributed by atoms with Crippen LogP contribution in [0.1, 0.15) is 37.5 Å². The van der Waals surface area contributed by atoms with Gasteiger partial charge in [-0.3, -0.25) is 4.57 Å². The summed E-state index contributed by atoms with van der Waals surface area (Å²) in [6.07, 6.45) is 5.66. The van der Waals surface area contributed by atoms with Gasteiger partial charge in [0.1, 0.15) is 17.3 Å². The summed E-state index contributed by atoms with van der Waals surface area (Å²) in [5.41, 5.74) is 7.71. The van der Waals surface area contributed by atoms with Gasteiger partial charge in [-0.1, -0.05) is 63.2 Å². The number of nitrogens with zero attached hydrogens (tertiary/aromatic N) is 4. The van der Waals surface area contributed by atoms with Crippen molar-refractivity contribution in [1.82, 2.24) is 19.3 Å². The van der Waals surface area contributed by atoms with Gasteiger partial charge >= 0.3 is 0 Å².